The van der Waals surface area contributed by atoms with Crippen molar-refractivity contribution in [3.8, 4) is 0 Å². The van der Waals surface area contributed by atoms with E-state index in [4.69, 9.17) is 4.74 Å². The first-order valence-electron chi connectivity index (χ1n) is 9.19. The molecule has 2 N–H and O–H groups in total. The molecule has 0 aliphatic carbocycles. The summed E-state index contributed by atoms with van der Waals surface area (Å²) >= 11 is 0. The van der Waals surface area contributed by atoms with Crippen LogP contribution < -0.4 is 10.6 Å². The number of nitrogens with zero attached hydrogens (tertiary/aromatic N) is 4. The van der Waals surface area contributed by atoms with Gasteiger partial charge in [0, 0.05) is 26.4 Å². The average Bonchev–Trinajstić information content (AvgIpc) is 3.12. The van der Waals surface area contributed by atoms with Crippen LogP contribution in [0, 0.1) is 0 Å². The Morgan fingerprint density at radius 2 is 1.81 bits per heavy atom. The Morgan fingerprint density at radius 3 is 2.63 bits per heavy atom. The van der Waals surface area contributed by atoms with Crippen molar-refractivity contribution in [1.82, 2.24) is 25.2 Å². The maximum atomic E-state index is 5.69. The standard InChI is InChI=1S/C20H26N6O/c1-3-12-27-15-17-9-5-4-8-16(17)13-22-20(21-2)23-14-19-25-24-18-10-6-7-11-26(18)19/h4-11H,3,12-15H2,1-2H3,(H2,21,22,23). The van der Waals surface area contributed by atoms with E-state index in [9.17, 15) is 0 Å². The molecule has 0 aliphatic heterocycles. The Bertz CT molecular complexity index is 889. The van der Waals surface area contributed by atoms with E-state index in [0.29, 0.717) is 25.7 Å². The number of ether oxygens (including phenoxy) is 1. The highest BCUT2D eigenvalue weighted by atomic mass is 16.5. The Balaban J connectivity index is 1.57. The molecule has 0 amide bonds. The van der Waals surface area contributed by atoms with Crippen molar-refractivity contribution in [3.63, 3.8) is 0 Å². The van der Waals surface area contributed by atoms with Gasteiger partial charge in [0.1, 0.15) is 0 Å². The third-order valence-electron chi connectivity index (χ3n) is 4.19. The molecule has 2 aromatic heterocycles. The van der Waals surface area contributed by atoms with Gasteiger partial charge in [-0.3, -0.25) is 9.39 Å². The van der Waals surface area contributed by atoms with Crippen molar-refractivity contribution in [2.24, 2.45) is 4.99 Å². The molecule has 0 saturated carbocycles. The van der Waals surface area contributed by atoms with Gasteiger partial charge in [0.25, 0.3) is 0 Å². The van der Waals surface area contributed by atoms with Crippen LogP contribution in [0.1, 0.15) is 30.3 Å². The van der Waals surface area contributed by atoms with Crippen molar-refractivity contribution < 1.29 is 4.74 Å². The molecule has 142 valence electrons. The third kappa shape index (κ3) is 5.04. The van der Waals surface area contributed by atoms with E-state index < -0.39 is 0 Å². The van der Waals surface area contributed by atoms with Gasteiger partial charge in [-0.2, -0.15) is 0 Å². The molecule has 0 unspecified atom stereocenters. The predicted molar refractivity (Wildman–Crippen MR) is 106 cm³/mol. The molecule has 3 rings (SSSR count). The highest BCUT2D eigenvalue weighted by Crippen LogP contribution is 2.10. The van der Waals surface area contributed by atoms with Gasteiger partial charge in [-0.1, -0.05) is 37.3 Å². The molecule has 0 bridgehead atoms. The summed E-state index contributed by atoms with van der Waals surface area (Å²) < 4.78 is 7.65. The molecule has 0 spiro atoms. The average molecular weight is 366 g/mol. The van der Waals surface area contributed by atoms with Crippen molar-refractivity contribution in [2.75, 3.05) is 13.7 Å². The fourth-order valence-corrected chi connectivity index (χ4v) is 2.77. The first kappa shape index (κ1) is 18.8. The number of fused-ring (bicyclic) bond motifs is 1. The lowest BCUT2D eigenvalue weighted by Gasteiger charge is -2.14. The van der Waals surface area contributed by atoms with Crippen LogP contribution in [-0.2, 0) is 24.4 Å². The molecule has 7 nitrogen and oxygen atoms in total. The maximum absolute atomic E-state index is 5.69. The van der Waals surface area contributed by atoms with Gasteiger partial charge in [-0.25, -0.2) is 0 Å². The smallest absolute Gasteiger partial charge is 0.191 e. The fourth-order valence-electron chi connectivity index (χ4n) is 2.77. The van der Waals surface area contributed by atoms with E-state index in [1.807, 2.05) is 40.9 Å². The summed E-state index contributed by atoms with van der Waals surface area (Å²) in [5, 5.41) is 15.0. The van der Waals surface area contributed by atoms with Crippen LogP contribution in [0.25, 0.3) is 5.65 Å². The Morgan fingerprint density at radius 1 is 1.04 bits per heavy atom. The highest BCUT2D eigenvalue weighted by molar-refractivity contribution is 5.79. The second-order valence-electron chi connectivity index (χ2n) is 6.15. The lowest BCUT2D eigenvalue weighted by molar-refractivity contribution is 0.121. The van der Waals surface area contributed by atoms with Crippen LogP contribution in [0.3, 0.4) is 0 Å². The highest BCUT2D eigenvalue weighted by Gasteiger charge is 2.07. The van der Waals surface area contributed by atoms with E-state index in [-0.39, 0.29) is 0 Å². The number of aromatic nitrogens is 3. The zero-order chi connectivity index (χ0) is 18.9. The first-order chi connectivity index (χ1) is 13.3. The van der Waals surface area contributed by atoms with Crippen LogP contribution in [0.15, 0.2) is 53.7 Å². The number of rotatable bonds is 8. The van der Waals surface area contributed by atoms with Gasteiger partial charge in [0.2, 0.25) is 0 Å². The molecule has 0 saturated heterocycles. The second kappa shape index (κ2) is 9.68. The zero-order valence-corrected chi connectivity index (χ0v) is 15.9. The maximum Gasteiger partial charge on any atom is 0.191 e. The van der Waals surface area contributed by atoms with E-state index in [1.54, 1.807) is 7.05 Å². The Hall–Kier alpha value is -2.93. The van der Waals surface area contributed by atoms with Crippen LogP contribution in [0.2, 0.25) is 0 Å². The van der Waals surface area contributed by atoms with E-state index in [1.165, 1.54) is 11.1 Å². The summed E-state index contributed by atoms with van der Waals surface area (Å²) in [5.41, 5.74) is 3.22. The number of benzene rings is 1. The minimum atomic E-state index is 0.534. The monoisotopic (exact) mass is 366 g/mol. The number of guanidine groups is 1. The molecular weight excluding hydrogens is 340 g/mol. The summed E-state index contributed by atoms with van der Waals surface area (Å²) in [4.78, 5) is 4.29. The predicted octanol–water partition coefficient (Wildman–Crippen LogP) is 2.52. The summed E-state index contributed by atoms with van der Waals surface area (Å²) in [6.07, 6.45) is 2.98. The minimum absolute atomic E-state index is 0.534. The normalized spacial score (nSPS) is 11.7. The quantitative estimate of drug-likeness (QED) is 0.364. The van der Waals surface area contributed by atoms with E-state index in [2.05, 4.69) is 44.9 Å². The molecule has 0 radical (unpaired) electrons. The van der Waals surface area contributed by atoms with Gasteiger partial charge < -0.3 is 15.4 Å². The summed E-state index contributed by atoms with van der Waals surface area (Å²) in [5.74, 6) is 1.55. The molecule has 7 heteroatoms. The van der Waals surface area contributed by atoms with Crippen LogP contribution >= 0.6 is 0 Å². The number of hydrogen-bond donors (Lipinski definition) is 2. The summed E-state index contributed by atoms with van der Waals surface area (Å²) in [7, 11) is 1.76. The third-order valence-corrected chi connectivity index (χ3v) is 4.19. The molecular formula is C20H26N6O. The molecule has 2 heterocycles. The first-order valence-corrected chi connectivity index (χ1v) is 9.19. The molecule has 0 atom stereocenters. The van der Waals surface area contributed by atoms with Crippen LogP contribution in [-0.4, -0.2) is 34.2 Å². The molecule has 1 aromatic carbocycles. The van der Waals surface area contributed by atoms with Gasteiger partial charge in [-0.15, -0.1) is 10.2 Å². The van der Waals surface area contributed by atoms with Gasteiger partial charge in [0.15, 0.2) is 17.4 Å². The lowest BCUT2D eigenvalue weighted by atomic mass is 10.1. The number of aliphatic imine (C=N–C) groups is 1. The van der Waals surface area contributed by atoms with Crippen molar-refractivity contribution in [2.45, 2.75) is 33.0 Å². The molecule has 0 fully saturated rings. The molecule has 0 aliphatic rings. The van der Waals surface area contributed by atoms with Gasteiger partial charge in [-0.05, 0) is 29.7 Å². The molecule has 27 heavy (non-hydrogen) atoms. The summed E-state index contributed by atoms with van der Waals surface area (Å²) in [6, 6.07) is 14.1. The number of pyridine rings is 1. The van der Waals surface area contributed by atoms with Crippen molar-refractivity contribution in [1.29, 1.82) is 0 Å². The minimum Gasteiger partial charge on any atom is -0.377 e. The zero-order valence-electron chi connectivity index (χ0n) is 15.9. The van der Waals surface area contributed by atoms with Crippen LogP contribution in [0.4, 0.5) is 0 Å². The largest absolute Gasteiger partial charge is 0.377 e. The molecule has 3 aromatic rings. The Kier molecular flexibility index (Phi) is 6.76. The number of nitrogens with one attached hydrogen (secondary N) is 2. The van der Waals surface area contributed by atoms with Crippen LogP contribution in [0.5, 0.6) is 0 Å². The number of hydrogen-bond acceptors (Lipinski definition) is 4. The second-order valence-corrected chi connectivity index (χ2v) is 6.15. The van der Waals surface area contributed by atoms with E-state index >= 15 is 0 Å². The van der Waals surface area contributed by atoms with Gasteiger partial charge in [0.05, 0.1) is 13.2 Å². The lowest BCUT2D eigenvalue weighted by Crippen LogP contribution is -2.37. The SMILES string of the molecule is CCCOCc1ccccc1CNC(=NC)NCc1nnc2ccccn12. The van der Waals surface area contributed by atoms with E-state index in [0.717, 1.165) is 24.5 Å². The van der Waals surface area contributed by atoms with Crippen molar-refractivity contribution >= 4 is 11.6 Å². The fraction of sp³-hybridized carbons (Fsp3) is 0.350. The topological polar surface area (TPSA) is 75.8 Å². The Labute approximate surface area is 159 Å². The van der Waals surface area contributed by atoms with Crippen molar-refractivity contribution in [3.05, 3.63) is 65.6 Å². The van der Waals surface area contributed by atoms with Gasteiger partial charge >= 0.3 is 0 Å². The summed E-state index contributed by atoms with van der Waals surface area (Å²) in [6.45, 7) is 4.72.